The molecule has 6 rings (SSSR count). The van der Waals surface area contributed by atoms with Crippen LogP contribution >= 0.6 is 0 Å². The second-order valence-electron chi connectivity index (χ2n) is 10.3. The van der Waals surface area contributed by atoms with E-state index in [9.17, 15) is 4.79 Å². The number of hydrogen-bond donors (Lipinski definition) is 3. The average molecular weight is 530 g/mol. The maximum atomic E-state index is 12.4. The minimum Gasteiger partial charge on any atom is -0.371 e. The van der Waals surface area contributed by atoms with E-state index >= 15 is 0 Å². The highest BCUT2D eigenvalue weighted by atomic mass is 16.5. The van der Waals surface area contributed by atoms with Crippen molar-refractivity contribution in [3.63, 3.8) is 0 Å². The summed E-state index contributed by atoms with van der Waals surface area (Å²) in [6.45, 7) is 6.56. The van der Waals surface area contributed by atoms with Crippen LogP contribution in [0.5, 0.6) is 0 Å². The largest absolute Gasteiger partial charge is 0.371 e. The van der Waals surface area contributed by atoms with Gasteiger partial charge in [0.2, 0.25) is 11.9 Å². The zero-order valence-corrected chi connectivity index (χ0v) is 22.2. The normalized spacial score (nSPS) is 21.2. The SMILES string of the molecule is CCNC1CCN(c2nc(-c3ccc(NC(=O)Nc4ccncc4)cc3)nc(N3CC4CCC(C3)O4)n2)CC1. The minimum absolute atomic E-state index is 0.243. The number of urea groups is 1. The van der Waals surface area contributed by atoms with Gasteiger partial charge in [-0.2, -0.15) is 15.0 Å². The van der Waals surface area contributed by atoms with E-state index in [1.165, 1.54) is 0 Å². The minimum atomic E-state index is -0.318. The number of benzene rings is 1. The highest BCUT2D eigenvalue weighted by Crippen LogP contribution is 2.30. The van der Waals surface area contributed by atoms with Crippen molar-refractivity contribution in [2.24, 2.45) is 0 Å². The zero-order chi connectivity index (χ0) is 26.6. The number of fused-ring (bicyclic) bond motifs is 2. The van der Waals surface area contributed by atoms with Crippen LogP contribution in [0.15, 0.2) is 48.8 Å². The Balaban J connectivity index is 1.22. The van der Waals surface area contributed by atoms with Crippen molar-refractivity contribution in [2.75, 3.05) is 53.2 Å². The predicted molar refractivity (Wildman–Crippen MR) is 151 cm³/mol. The lowest BCUT2D eigenvalue weighted by atomic mass is 10.1. The number of anilines is 4. The molecule has 0 aliphatic carbocycles. The summed E-state index contributed by atoms with van der Waals surface area (Å²) >= 11 is 0. The van der Waals surface area contributed by atoms with Gasteiger partial charge in [-0.05, 0) is 68.6 Å². The number of piperidine rings is 1. The molecule has 2 amide bonds. The fourth-order valence-corrected chi connectivity index (χ4v) is 5.55. The Morgan fingerprint density at radius 3 is 2.10 bits per heavy atom. The van der Waals surface area contributed by atoms with Crippen LogP contribution in [0.3, 0.4) is 0 Å². The van der Waals surface area contributed by atoms with E-state index in [1.807, 2.05) is 24.3 Å². The van der Waals surface area contributed by atoms with Crippen molar-refractivity contribution in [1.29, 1.82) is 0 Å². The van der Waals surface area contributed by atoms with Crippen molar-refractivity contribution >= 4 is 29.3 Å². The Labute approximate surface area is 228 Å². The van der Waals surface area contributed by atoms with Crippen LogP contribution in [0.1, 0.15) is 32.6 Å². The standard InChI is InChI=1S/C28H35N9O2/c1-2-30-20-11-15-36(16-12-20)26-33-25(34-27(35-26)37-17-23-7-8-24(18-37)39-23)19-3-5-21(6-4-19)31-28(38)32-22-9-13-29-14-10-22/h3-6,9-10,13-14,20,23-24,30H,2,7-8,11-12,15-18H2,1H3,(H2,29,31,32,38). The number of rotatable bonds is 7. The third-order valence-electron chi connectivity index (χ3n) is 7.55. The molecule has 39 heavy (non-hydrogen) atoms. The van der Waals surface area contributed by atoms with Gasteiger partial charge in [0.15, 0.2) is 5.82 Å². The van der Waals surface area contributed by atoms with Gasteiger partial charge in [-0.15, -0.1) is 0 Å². The fraction of sp³-hybridized carbons (Fsp3) is 0.464. The summed E-state index contributed by atoms with van der Waals surface area (Å²) in [7, 11) is 0. The summed E-state index contributed by atoms with van der Waals surface area (Å²) in [6, 6.07) is 11.3. The summed E-state index contributed by atoms with van der Waals surface area (Å²) in [5.74, 6) is 2.07. The first kappa shape index (κ1) is 25.4. The first-order chi connectivity index (χ1) is 19.1. The molecule has 3 aliphatic rings. The smallest absolute Gasteiger partial charge is 0.323 e. The summed E-state index contributed by atoms with van der Waals surface area (Å²) in [5.41, 5.74) is 2.23. The highest BCUT2D eigenvalue weighted by molar-refractivity contribution is 5.99. The van der Waals surface area contributed by atoms with Gasteiger partial charge < -0.3 is 30.5 Å². The summed E-state index contributed by atoms with van der Waals surface area (Å²) in [4.78, 5) is 35.7. The molecule has 2 unspecified atom stereocenters. The van der Waals surface area contributed by atoms with Gasteiger partial charge in [0, 0.05) is 61.6 Å². The number of nitrogens with one attached hydrogen (secondary N) is 3. The fourth-order valence-electron chi connectivity index (χ4n) is 5.55. The number of hydrogen-bond acceptors (Lipinski definition) is 9. The second kappa shape index (κ2) is 11.5. The van der Waals surface area contributed by atoms with E-state index in [0.717, 1.165) is 69.9 Å². The molecule has 2 bridgehead atoms. The number of carbonyl (C=O) groups is 1. The van der Waals surface area contributed by atoms with Crippen LogP contribution in [0.4, 0.5) is 28.1 Å². The maximum Gasteiger partial charge on any atom is 0.323 e. The number of ether oxygens (including phenoxy) is 1. The number of aromatic nitrogens is 4. The second-order valence-corrected chi connectivity index (χ2v) is 10.3. The molecular formula is C28H35N9O2. The van der Waals surface area contributed by atoms with E-state index in [-0.39, 0.29) is 18.2 Å². The van der Waals surface area contributed by atoms with Crippen molar-refractivity contribution in [2.45, 2.75) is 50.9 Å². The van der Waals surface area contributed by atoms with Crippen LogP contribution in [0, 0.1) is 0 Å². The Morgan fingerprint density at radius 1 is 0.846 bits per heavy atom. The van der Waals surface area contributed by atoms with Gasteiger partial charge in [0.1, 0.15) is 0 Å². The zero-order valence-electron chi connectivity index (χ0n) is 22.2. The summed E-state index contributed by atoms with van der Waals surface area (Å²) in [6.07, 6.45) is 8.06. The third kappa shape index (κ3) is 6.10. The molecule has 2 atom stereocenters. The number of morpholine rings is 1. The molecule has 11 heteroatoms. The van der Waals surface area contributed by atoms with Gasteiger partial charge in [0.05, 0.1) is 12.2 Å². The molecule has 3 N–H and O–H groups in total. The van der Waals surface area contributed by atoms with Crippen LogP contribution in [-0.2, 0) is 4.74 Å². The predicted octanol–water partition coefficient (Wildman–Crippen LogP) is 3.52. The lowest BCUT2D eigenvalue weighted by molar-refractivity contribution is 0.0299. The van der Waals surface area contributed by atoms with Crippen molar-refractivity contribution in [1.82, 2.24) is 25.3 Å². The van der Waals surface area contributed by atoms with E-state index in [0.29, 0.717) is 29.2 Å². The van der Waals surface area contributed by atoms with Crippen LogP contribution < -0.4 is 25.8 Å². The number of nitrogens with zero attached hydrogens (tertiary/aromatic N) is 6. The molecule has 0 radical (unpaired) electrons. The van der Waals surface area contributed by atoms with Gasteiger partial charge in [0.25, 0.3) is 0 Å². The topological polar surface area (TPSA) is 120 Å². The van der Waals surface area contributed by atoms with E-state index in [1.54, 1.807) is 24.5 Å². The van der Waals surface area contributed by atoms with Crippen molar-refractivity contribution < 1.29 is 9.53 Å². The van der Waals surface area contributed by atoms with Crippen LogP contribution in [-0.4, -0.2) is 76.9 Å². The third-order valence-corrected chi connectivity index (χ3v) is 7.55. The molecule has 11 nitrogen and oxygen atoms in total. The molecule has 3 fully saturated rings. The van der Waals surface area contributed by atoms with Gasteiger partial charge in [-0.25, -0.2) is 4.79 Å². The number of amides is 2. The molecule has 3 saturated heterocycles. The van der Waals surface area contributed by atoms with E-state index in [4.69, 9.17) is 19.7 Å². The molecular weight excluding hydrogens is 494 g/mol. The first-order valence-electron chi connectivity index (χ1n) is 13.9. The molecule has 3 aromatic rings. The number of carbonyl (C=O) groups excluding carboxylic acids is 1. The Kier molecular flexibility index (Phi) is 7.51. The maximum absolute atomic E-state index is 12.4. The highest BCUT2D eigenvalue weighted by Gasteiger charge is 2.35. The van der Waals surface area contributed by atoms with Crippen LogP contribution in [0.2, 0.25) is 0 Å². The molecule has 1 aromatic carbocycles. The van der Waals surface area contributed by atoms with Gasteiger partial charge in [-0.1, -0.05) is 6.92 Å². The summed E-state index contributed by atoms with van der Waals surface area (Å²) in [5, 5.41) is 9.23. The molecule has 0 saturated carbocycles. The first-order valence-corrected chi connectivity index (χ1v) is 13.9. The molecule has 3 aliphatic heterocycles. The monoisotopic (exact) mass is 529 g/mol. The molecule has 0 spiro atoms. The Bertz CT molecular complexity index is 1250. The van der Waals surface area contributed by atoms with E-state index in [2.05, 4.69) is 37.7 Å². The van der Waals surface area contributed by atoms with Crippen LogP contribution in [0.25, 0.3) is 11.4 Å². The molecule has 204 valence electrons. The number of pyridine rings is 1. The van der Waals surface area contributed by atoms with E-state index < -0.39 is 0 Å². The molecule has 5 heterocycles. The van der Waals surface area contributed by atoms with Crippen molar-refractivity contribution in [3.8, 4) is 11.4 Å². The summed E-state index contributed by atoms with van der Waals surface area (Å²) < 4.78 is 6.05. The average Bonchev–Trinajstić information content (AvgIpc) is 3.31. The Morgan fingerprint density at radius 2 is 1.46 bits per heavy atom. The van der Waals surface area contributed by atoms with Gasteiger partial charge >= 0.3 is 6.03 Å². The van der Waals surface area contributed by atoms with Crippen molar-refractivity contribution in [3.05, 3.63) is 48.8 Å². The quantitative estimate of drug-likeness (QED) is 0.422. The Hall–Kier alpha value is -3.83. The van der Waals surface area contributed by atoms with Gasteiger partial charge in [-0.3, -0.25) is 4.98 Å². The lowest BCUT2D eigenvalue weighted by Gasteiger charge is -2.34. The molecule has 2 aromatic heterocycles. The lowest BCUT2D eigenvalue weighted by Crippen LogP contribution is -2.45.